The quantitative estimate of drug-likeness (QED) is 0.572. The summed E-state index contributed by atoms with van der Waals surface area (Å²) < 4.78 is 20.4. The molecule has 2 heterocycles. The number of morpholine rings is 1. The van der Waals surface area contributed by atoms with E-state index in [-0.39, 0.29) is 11.7 Å². The van der Waals surface area contributed by atoms with Crippen molar-refractivity contribution in [2.24, 2.45) is 0 Å². The number of halogens is 1. The van der Waals surface area contributed by atoms with Gasteiger partial charge < -0.3 is 9.64 Å². The normalized spacial score (nSPS) is 14.8. The van der Waals surface area contributed by atoms with E-state index in [9.17, 15) is 9.18 Å². The molecule has 0 N–H and O–H groups in total. The highest BCUT2D eigenvalue weighted by atomic mass is 19.1. The third-order valence-electron chi connectivity index (χ3n) is 5.32. The maximum absolute atomic E-state index is 13.4. The molecule has 158 valence electrons. The summed E-state index contributed by atoms with van der Waals surface area (Å²) in [5.41, 5.74) is 1.24. The molecule has 0 atom stereocenters. The van der Waals surface area contributed by atoms with Gasteiger partial charge in [0.15, 0.2) is 0 Å². The van der Waals surface area contributed by atoms with Crippen molar-refractivity contribution < 1.29 is 13.9 Å². The minimum absolute atomic E-state index is 0.0309. The molecule has 7 heteroatoms. The number of benzene rings is 1. The molecule has 1 saturated heterocycles. The van der Waals surface area contributed by atoms with Crippen molar-refractivity contribution >= 4 is 5.91 Å². The minimum Gasteiger partial charge on any atom is -0.379 e. The van der Waals surface area contributed by atoms with Gasteiger partial charge in [-0.3, -0.25) is 14.3 Å². The van der Waals surface area contributed by atoms with Gasteiger partial charge in [0.25, 0.3) is 5.91 Å². The van der Waals surface area contributed by atoms with Crippen molar-refractivity contribution in [3.63, 3.8) is 0 Å². The summed E-state index contributed by atoms with van der Waals surface area (Å²) in [6, 6.07) is 6.11. The second kappa shape index (κ2) is 11.1. The third kappa shape index (κ3) is 6.11. The van der Waals surface area contributed by atoms with Crippen LogP contribution in [0.3, 0.4) is 0 Å². The van der Waals surface area contributed by atoms with Gasteiger partial charge in [-0.2, -0.15) is 0 Å². The summed E-state index contributed by atoms with van der Waals surface area (Å²) in [6.45, 7) is 7.76. The number of rotatable bonds is 10. The van der Waals surface area contributed by atoms with Gasteiger partial charge in [-0.25, -0.2) is 9.37 Å². The number of carbonyl (C=O) groups is 1. The van der Waals surface area contributed by atoms with E-state index in [4.69, 9.17) is 4.74 Å². The fraction of sp³-hybridized carbons (Fsp3) is 0.545. The van der Waals surface area contributed by atoms with Crippen LogP contribution in [0.2, 0.25) is 0 Å². The molecule has 0 spiro atoms. The summed E-state index contributed by atoms with van der Waals surface area (Å²) >= 11 is 0. The molecule has 3 rings (SSSR count). The number of aromatic nitrogens is 2. The molecule has 2 aromatic rings. The van der Waals surface area contributed by atoms with Crippen molar-refractivity contribution in [1.29, 1.82) is 0 Å². The average molecular weight is 403 g/mol. The summed E-state index contributed by atoms with van der Waals surface area (Å²) in [5, 5.41) is 0. The Morgan fingerprint density at radius 2 is 1.90 bits per heavy atom. The topological polar surface area (TPSA) is 50.6 Å². The minimum atomic E-state index is -0.301. The summed E-state index contributed by atoms with van der Waals surface area (Å²) in [7, 11) is 0. The second-order valence-electron chi connectivity index (χ2n) is 7.43. The van der Waals surface area contributed by atoms with Gasteiger partial charge in [0.2, 0.25) is 0 Å². The van der Waals surface area contributed by atoms with Gasteiger partial charge in [0.05, 0.1) is 25.7 Å². The molecule has 0 radical (unpaired) electrons. The Balaban J connectivity index is 1.71. The standard InChI is InChI=1S/C22H31FN4O2/c1-2-3-4-5-10-26(12-11-25-13-15-29-16-14-25)22(28)21-17-24-18-27(21)20-8-6-19(23)7-9-20/h6-9,17-18H,2-5,10-16H2,1H3. The number of imidazole rings is 1. The van der Waals surface area contributed by atoms with Crippen LogP contribution in [0.1, 0.15) is 43.1 Å². The van der Waals surface area contributed by atoms with Crippen LogP contribution in [-0.2, 0) is 4.74 Å². The van der Waals surface area contributed by atoms with Crippen molar-refractivity contribution in [3.05, 3.63) is 48.3 Å². The lowest BCUT2D eigenvalue weighted by atomic mass is 10.2. The van der Waals surface area contributed by atoms with Crippen LogP contribution in [0.25, 0.3) is 5.69 Å². The van der Waals surface area contributed by atoms with E-state index in [0.717, 1.165) is 57.9 Å². The number of nitrogens with zero attached hydrogens (tertiary/aromatic N) is 4. The smallest absolute Gasteiger partial charge is 0.272 e. The van der Waals surface area contributed by atoms with Gasteiger partial charge in [-0.05, 0) is 30.7 Å². The number of unbranched alkanes of at least 4 members (excludes halogenated alkanes) is 3. The molecular weight excluding hydrogens is 371 g/mol. The lowest BCUT2D eigenvalue weighted by Crippen LogP contribution is -2.43. The first-order valence-corrected chi connectivity index (χ1v) is 10.6. The van der Waals surface area contributed by atoms with Crippen LogP contribution in [-0.4, -0.2) is 71.2 Å². The molecule has 1 aromatic heterocycles. The number of hydrogen-bond donors (Lipinski definition) is 0. The highest BCUT2D eigenvalue weighted by molar-refractivity contribution is 5.93. The van der Waals surface area contributed by atoms with Crippen LogP contribution in [0.5, 0.6) is 0 Å². The first kappa shape index (κ1) is 21.5. The molecule has 0 saturated carbocycles. The molecule has 0 aliphatic carbocycles. The Hall–Kier alpha value is -2.25. The van der Waals surface area contributed by atoms with Crippen molar-refractivity contribution in [3.8, 4) is 5.69 Å². The molecule has 1 fully saturated rings. The lowest BCUT2D eigenvalue weighted by molar-refractivity contribution is 0.0323. The molecule has 1 aliphatic heterocycles. The molecule has 0 unspecified atom stereocenters. The maximum atomic E-state index is 13.4. The zero-order valence-electron chi connectivity index (χ0n) is 17.2. The van der Waals surface area contributed by atoms with Gasteiger partial charge >= 0.3 is 0 Å². The molecule has 1 amide bonds. The fourth-order valence-electron chi connectivity index (χ4n) is 3.55. The van der Waals surface area contributed by atoms with E-state index in [2.05, 4.69) is 16.8 Å². The van der Waals surface area contributed by atoms with Gasteiger partial charge in [0.1, 0.15) is 11.5 Å². The zero-order valence-corrected chi connectivity index (χ0v) is 17.2. The second-order valence-corrected chi connectivity index (χ2v) is 7.43. The Kier molecular flexibility index (Phi) is 8.19. The lowest BCUT2D eigenvalue weighted by Gasteiger charge is -2.30. The summed E-state index contributed by atoms with van der Waals surface area (Å²) in [4.78, 5) is 21.8. The molecule has 29 heavy (non-hydrogen) atoms. The Bertz CT molecular complexity index is 756. The van der Waals surface area contributed by atoms with Crippen LogP contribution < -0.4 is 0 Å². The summed E-state index contributed by atoms with van der Waals surface area (Å²) in [5.74, 6) is -0.332. The van der Waals surface area contributed by atoms with Gasteiger partial charge in [0, 0.05) is 38.4 Å². The SMILES string of the molecule is CCCCCCN(CCN1CCOCC1)C(=O)c1cncn1-c1ccc(F)cc1. The maximum Gasteiger partial charge on any atom is 0.272 e. The van der Waals surface area contributed by atoms with Crippen LogP contribution in [0.4, 0.5) is 4.39 Å². The number of hydrogen-bond acceptors (Lipinski definition) is 4. The van der Waals surface area contributed by atoms with E-state index in [1.165, 1.54) is 25.0 Å². The highest BCUT2D eigenvalue weighted by Crippen LogP contribution is 2.15. The number of carbonyl (C=O) groups excluding carboxylic acids is 1. The van der Waals surface area contributed by atoms with Crippen LogP contribution >= 0.6 is 0 Å². The third-order valence-corrected chi connectivity index (χ3v) is 5.32. The van der Waals surface area contributed by atoms with E-state index < -0.39 is 0 Å². The molecule has 0 bridgehead atoms. The Morgan fingerprint density at radius 3 is 2.62 bits per heavy atom. The van der Waals surface area contributed by atoms with Gasteiger partial charge in [-0.15, -0.1) is 0 Å². The summed E-state index contributed by atoms with van der Waals surface area (Å²) in [6.07, 6.45) is 7.66. The van der Waals surface area contributed by atoms with E-state index in [0.29, 0.717) is 12.2 Å². The highest BCUT2D eigenvalue weighted by Gasteiger charge is 2.21. The van der Waals surface area contributed by atoms with Crippen molar-refractivity contribution in [2.45, 2.75) is 32.6 Å². The number of ether oxygens (including phenoxy) is 1. The largest absolute Gasteiger partial charge is 0.379 e. The van der Waals surface area contributed by atoms with Crippen LogP contribution in [0.15, 0.2) is 36.8 Å². The first-order chi connectivity index (χ1) is 14.2. The molecular formula is C22H31FN4O2. The number of amides is 1. The van der Waals surface area contributed by atoms with Gasteiger partial charge in [-0.1, -0.05) is 26.2 Å². The molecule has 1 aliphatic rings. The van der Waals surface area contributed by atoms with Crippen LogP contribution in [0, 0.1) is 5.82 Å². The molecule has 6 nitrogen and oxygen atoms in total. The predicted octanol–water partition coefficient (Wildman–Crippen LogP) is 3.37. The monoisotopic (exact) mass is 402 g/mol. The average Bonchev–Trinajstić information content (AvgIpc) is 3.24. The first-order valence-electron chi connectivity index (χ1n) is 10.6. The fourth-order valence-corrected chi connectivity index (χ4v) is 3.55. The van der Waals surface area contributed by atoms with Crippen molar-refractivity contribution in [1.82, 2.24) is 19.4 Å². The predicted molar refractivity (Wildman–Crippen MR) is 111 cm³/mol. The van der Waals surface area contributed by atoms with E-state index in [1.54, 1.807) is 29.2 Å². The Morgan fingerprint density at radius 1 is 1.14 bits per heavy atom. The molecule has 1 aromatic carbocycles. The van der Waals surface area contributed by atoms with Crippen molar-refractivity contribution in [2.75, 3.05) is 45.9 Å². The van der Waals surface area contributed by atoms with E-state index in [1.807, 2.05) is 4.90 Å². The zero-order chi connectivity index (χ0) is 20.5. The van der Waals surface area contributed by atoms with E-state index >= 15 is 0 Å². The Labute approximate surface area is 172 Å².